The molecule has 4 nitrogen and oxygen atoms in total. The molecule has 2 rings (SSSR count). The van der Waals surface area contributed by atoms with Crippen molar-refractivity contribution in [1.82, 2.24) is 10.2 Å². The van der Waals surface area contributed by atoms with Crippen molar-refractivity contribution in [2.24, 2.45) is 5.92 Å². The van der Waals surface area contributed by atoms with Crippen molar-refractivity contribution in [2.75, 3.05) is 32.8 Å². The fourth-order valence-corrected chi connectivity index (χ4v) is 2.87. The fourth-order valence-electron chi connectivity index (χ4n) is 2.87. The van der Waals surface area contributed by atoms with Crippen LogP contribution in [0.5, 0.6) is 0 Å². The molecule has 20 heavy (non-hydrogen) atoms. The van der Waals surface area contributed by atoms with E-state index >= 15 is 0 Å². The zero-order valence-electron chi connectivity index (χ0n) is 11.4. The molecular weight excluding hydrogens is 273 g/mol. The summed E-state index contributed by atoms with van der Waals surface area (Å²) in [6.45, 7) is 1.21. The van der Waals surface area contributed by atoms with E-state index in [1.54, 1.807) is 0 Å². The van der Waals surface area contributed by atoms with Crippen molar-refractivity contribution in [1.29, 1.82) is 0 Å². The molecule has 1 amide bonds. The number of hydrogen-bond acceptors (Lipinski definition) is 3. The zero-order valence-corrected chi connectivity index (χ0v) is 11.4. The zero-order chi connectivity index (χ0) is 14.6. The lowest BCUT2D eigenvalue weighted by atomic mass is 10.0. The summed E-state index contributed by atoms with van der Waals surface area (Å²) < 4.78 is 42.6. The third-order valence-corrected chi connectivity index (χ3v) is 3.87. The molecule has 0 aromatic rings. The Balaban J connectivity index is 1.78. The molecule has 0 aromatic carbocycles. The second kappa shape index (κ2) is 6.76. The summed E-state index contributed by atoms with van der Waals surface area (Å²) in [5.41, 5.74) is 0. The number of nitrogens with one attached hydrogen (secondary N) is 1. The standard InChI is InChI=1S/C13H21F3N2O2/c14-13(15,16)9-18-5-1-4-11(18)12(19)17-7-10-3-2-6-20-8-10/h10-11H,1-9H2,(H,17,19)/t10-,11+/m1/s1. The Labute approximate surface area is 116 Å². The summed E-state index contributed by atoms with van der Waals surface area (Å²) in [6, 6.07) is -0.638. The van der Waals surface area contributed by atoms with Gasteiger partial charge < -0.3 is 10.1 Å². The third-order valence-electron chi connectivity index (χ3n) is 3.87. The molecule has 0 spiro atoms. The van der Waals surface area contributed by atoms with Crippen LogP contribution in [0.2, 0.25) is 0 Å². The van der Waals surface area contributed by atoms with E-state index in [1.165, 1.54) is 4.90 Å². The highest BCUT2D eigenvalue weighted by Gasteiger charge is 2.38. The van der Waals surface area contributed by atoms with E-state index in [-0.39, 0.29) is 11.8 Å². The van der Waals surface area contributed by atoms with Crippen molar-refractivity contribution < 1.29 is 22.7 Å². The molecular formula is C13H21F3N2O2. The summed E-state index contributed by atoms with van der Waals surface area (Å²) in [5.74, 6) is 0.00231. The lowest BCUT2D eigenvalue weighted by Crippen LogP contribution is -2.47. The number of alkyl halides is 3. The maximum atomic E-state index is 12.4. The number of rotatable bonds is 4. The molecule has 2 aliphatic heterocycles. The van der Waals surface area contributed by atoms with E-state index in [0.29, 0.717) is 32.5 Å². The van der Waals surface area contributed by atoms with Gasteiger partial charge in [-0.1, -0.05) is 0 Å². The Hall–Kier alpha value is -0.820. The smallest absolute Gasteiger partial charge is 0.381 e. The quantitative estimate of drug-likeness (QED) is 0.855. The minimum atomic E-state index is -4.25. The van der Waals surface area contributed by atoms with Gasteiger partial charge in [0.05, 0.1) is 19.2 Å². The molecule has 1 N–H and O–H groups in total. The maximum Gasteiger partial charge on any atom is 0.401 e. The van der Waals surface area contributed by atoms with Crippen molar-refractivity contribution in [3.8, 4) is 0 Å². The van der Waals surface area contributed by atoms with Crippen molar-refractivity contribution in [3.63, 3.8) is 0 Å². The van der Waals surface area contributed by atoms with Crippen molar-refractivity contribution in [3.05, 3.63) is 0 Å². The molecule has 2 saturated heterocycles. The number of hydrogen-bond donors (Lipinski definition) is 1. The van der Waals surface area contributed by atoms with Crippen LogP contribution < -0.4 is 5.32 Å². The first kappa shape index (κ1) is 15.6. The van der Waals surface area contributed by atoms with Gasteiger partial charge in [0.2, 0.25) is 5.91 Å². The predicted octanol–water partition coefficient (Wildman–Crippen LogP) is 1.56. The number of carbonyl (C=O) groups excluding carboxylic acids is 1. The molecule has 0 saturated carbocycles. The summed E-state index contributed by atoms with van der Waals surface area (Å²) in [7, 11) is 0. The van der Waals surface area contributed by atoms with Crippen molar-refractivity contribution in [2.45, 2.75) is 37.9 Å². The second-order valence-electron chi connectivity index (χ2n) is 5.57. The number of nitrogens with zero attached hydrogens (tertiary/aromatic N) is 1. The van der Waals surface area contributed by atoms with Crippen LogP contribution in [-0.2, 0) is 9.53 Å². The third kappa shape index (κ3) is 4.63. The van der Waals surface area contributed by atoms with Gasteiger partial charge in [-0.15, -0.1) is 0 Å². The van der Waals surface area contributed by atoms with Gasteiger partial charge in [0, 0.05) is 13.2 Å². The highest BCUT2D eigenvalue weighted by Crippen LogP contribution is 2.24. The van der Waals surface area contributed by atoms with Gasteiger partial charge in [0.1, 0.15) is 0 Å². The van der Waals surface area contributed by atoms with Gasteiger partial charge in [-0.2, -0.15) is 13.2 Å². The second-order valence-corrected chi connectivity index (χ2v) is 5.57. The predicted molar refractivity (Wildman–Crippen MR) is 67.2 cm³/mol. The monoisotopic (exact) mass is 294 g/mol. The molecule has 2 atom stereocenters. The normalized spacial score (nSPS) is 28.6. The first-order valence-electron chi connectivity index (χ1n) is 7.12. The Kier molecular flexibility index (Phi) is 5.26. The Bertz CT molecular complexity index is 330. The van der Waals surface area contributed by atoms with Gasteiger partial charge in [0.25, 0.3) is 0 Å². The van der Waals surface area contributed by atoms with E-state index in [1.807, 2.05) is 0 Å². The van der Waals surface area contributed by atoms with Crippen LogP contribution in [0.15, 0.2) is 0 Å². The van der Waals surface area contributed by atoms with Crippen LogP contribution in [0.1, 0.15) is 25.7 Å². The van der Waals surface area contributed by atoms with Crippen LogP contribution in [0.4, 0.5) is 13.2 Å². The minimum absolute atomic E-state index is 0.280. The summed E-state index contributed by atoms with van der Waals surface area (Å²) in [6.07, 6.45) is -1.13. The van der Waals surface area contributed by atoms with Crippen LogP contribution in [0.25, 0.3) is 0 Å². The Morgan fingerprint density at radius 2 is 2.10 bits per heavy atom. The van der Waals surface area contributed by atoms with E-state index in [0.717, 1.165) is 19.4 Å². The van der Waals surface area contributed by atoms with Gasteiger partial charge in [-0.25, -0.2) is 0 Å². The van der Waals surface area contributed by atoms with Crippen molar-refractivity contribution >= 4 is 5.91 Å². The molecule has 0 aliphatic carbocycles. The van der Waals surface area contributed by atoms with E-state index in [9.17, 15) is 18.0 Å². The topological polar surface area (TPSA) is 41.6 Å². The van der Waals surface area contributed by atoms with Crippen LogP contribution in [-0.4, -0.2) is 55.9 Å². The average Bonchev–Trinajstić information content (AvgIpc) is 2.83. The van der Waals surface area contributed by atoms with E-state index < -0.39 is 18.8 Å². The van der Waals surface area contributed by atoms with Gasteiger partial charge in [0.15, 0.2) is 0 Å². The van der Waals surface area contributed by atoms with Crippen LogP contribution in [0, 0.1) is 5.92 Å². The average molecular weight is 294 g/mol. The fraction of sp³-hybridized carbons (Fsp3) is 0.923. The molecule has 0 radical (unpaired) electrons. The Morgan fingerprint density at radius 3 is 2.75 bits per heavy atom. The first-order valence-corrected chi connectivity index (χ1v) is 7.12. The molecule has 2 fully saturated rings. The highest BCUT2D eigenvalue weighted by atomic mass is 19.4. The number of likely N-dealkylation sites (tertiary alicyclic amines) is 1. The maximum absolute atomic E-state index is 12.4. The molecule has 0 unspecified atom stereocenters. The van der Waals surface area contributed by atoms with E-state index in [4.69, 9.17) is 4.74 Å². The minimum Gasteiger partial charge on any atom is -0.381 e. The molecule has 7 heteroatoms. The summed E-state index contributed by atoms with van der Waals surface area (Å²) >= 11 is 0. The largest absolute Gasteiger partial charge is 0.401 e. The first-order chi connectivity index (χ1) is 9.46. The summed E-state index contributed by atoms with van der Waals surface area (Å²) in [4.78, 5) is 13.3. The molecule has 0 bridgehead atoms. The molecule has 116 valence electrons. The SMILES string of the molecule is O=C(NC[C@H]1CCCOC1)[C@@H]1CCCN1CC(F)(F)F. The van der Waals surface area contributed by atoms with E-state index in [2.05, 4.69) is 5.32 Å². The molecule has 2 heterocycles. The van der Waals surface area contributed by atoms with Crippen LogP contribution in [0.3, 0.4) is 0 Å². The molecule has 2 aliphatic rings. The lowest BCUT2D eigenvalue weighted by Gasteiger charge is -2.26. The lowest BCUT2D eigenvalue weighted by molar-refractivity contribution is -0.151. The van der Waals surface area contributed by atoms with Crippen LogP contribution >= 0.6 is 0 Å². The van der Waals surface area contributed by atoms with Gasteiger partial charge in [-0.3, -0.25) is 9.69 Å². The Morgan fingerprint density at radius 1 is 1.30 bits per heavy atom. The highest BCUT2D eigenvalue weighted by molar-refractivity contribution is 5.82. The number of ether oxygens (including phenoxy) is 1. The van der Waals surface area contributed by atoms with Gasteiger partial charge in [-0.05, 0) is 38.1 Å². The van der Waals surface area contributed by atoms with Gasteiger partial charge >= 0.3 is 6.18 Å². The summed E-state index contributed by atoms with van der Waals surface area (Å²) in [5, 5.41) is 2.78. The number of halogens is 3. The number of carbonyl (C=O) groups is 1. The number of amides is 1. The molecule has 0 aromatic heterocycles.